The number of hydrogen-bond donors (Lipinski definition) is 0. The Morgan fingerprint density at radius 3 is 2.00 bits per heavy atom. The first-order valence-corrected chi connectivity index (χ1v) is 10.5. The van der Waals surface area contributed by atoms with Crippen LogP contribution in [0.25, 0.3) is 0 Å². The van der Waals surface area contributed by atoms with Crippen LogP contribution in [0.5, 0.6) is 5.75 Å². The van der Waals surface area contributed by atoms with Crippen molar-refractivity contribution in [3.8, 4) is 5.75 Å². The maximum absolute atomic E-state index is 14.2. The lowest BCUT2D eigenvalue weighted by atomic mass is 10.1. The first kappa shape index (κ1) is 25.2. The summed E-state index contributed by atoms with van der Waals surface area (Å²) in [6.45, 7) is 8.12. The van der Waals surface area contributed by atoms with Gasteiger partial charge in [-0.15, -0.1) is 0 Å². The molecule has 0 spiro atoms. The van der Waals surface area contributed by atoms with E-state index in [4.69, 9.17) is 4.74 Å². The van der Waals surface area contributed by atoms with Gasteiger partial charge in [0.1, 0.15) is 6.61 Å². The molecule has 1 aromatic carbocycles. The Bertz CT molecular complexity index is 857. The SMILES string of the molecule is CC(C)=CCC/C(C)=C/COc1c(F)c(F)c(S(=O)(=O)OCC(C)C)c(F)c1F. The van der Waals surface area contributed by atoms with Crippen molar-refractivity contribution >= 4 is 10.1 Å². The van der Waals surface area contributed by atoms with Crippen LogP contribution in [-0.2, 0) is 14.3 Å². The van der Waals surface area contributed by atoms with Gasteiger partial charge in [0.15, 0.2) is 22.3 Å². The predicted octanol–water partition coefficient (Wildman–Crippen LogP) is 5.68. The van der Waals surface area contributed by atoms with Crippen molar-refractivity contribution in [2.24, 2.45) is 5.92 Å². The van der Waals surface area contributed by atoms with Gasteiger partial charge in [-0.05, 0) is 45.6 Å². The lowest BCUT2D eigenvalue weighted by molar-refractivity contribution is 0.265. The van der Waals surface area contributed by atoms with Crippen LogP contribution in [0.15, 0.2) is 28.2 Å². The molecular weight excluding hydrogens is 412 g/mol. The minimum atomic E-state index is -5.03. The molecule has 0 aliphatic heterocycles. The highest BCUT2D eigenvalue weighted by Gasteiger charge is 2.34. The molecule has 0 saturated heterocycles. The Kier molecular flexibility index (Phi) is 9.35. The fourth-order valence-electron chi connectivity index (χ4n) is 2.18. The van der Waals surface area contributed by atoms with Crippen LogP contribution in [0.4, 0.5) is 17.6 Å². The second-order valence-corrected chi connectivity index (χ2v) is 8.78. The number of rotatable bonds is 10. The molecule has 164 valence electrons. The largest absolute Gasteiger partial charge is 0.483 e. The molecule has 4 nitrogen and oxygen atoms in total. The minimum absolute atomic E-state index is 0.292. The summed E-state index contributed by atoms with van der Waals surface area (Å²) in [5, 5.41) is 0. The molecule has 0 aliphatic carbocycles. The summed E-state index contributed by atoms with van der Waals surface area (Å²) >= 11 is 0. The molecule has 0 atom stereocenters. The zero-order valence-electron chi connectivity index (χ0n) is 17.1. The molecule has 0 saturated carbocycles. The first-order chi connectivity index (χ1) is 13.4. The maximum Gasteiger partial charge on any atom is 0.303 e. The normalized spacial score (nSPS) is 12.4. The summed E-state index contributed by atoms with van der Waals surface area (Å²) in [5.74, 6) is -9.67. The van der Waals surface area contributed by atoms with E-state index in [1.54, 1.807) is 20.8 Å². The summed E-state index contributed by atoms with van der Waals surface area (Å²) < 4.78 is 90.0. The third kappa shape index (κ3) is 7.15. The summed E-state index contributed by atoms with van der Waals surface area (Å²) in [4.78, 5) is -1.81. The zero-order valence-corrected chi connectivity index (χ0v) is 17.9. The van der Waals surface area contributed by atoms with Gasteiger partial charge in [0.2, 0.25) is 11.6 Å². The summed E-state index contributed by atoms with van der Waals surface area (Å²) in [6, 6.07) is 0. The lowest BCUT2D eigenvalue weighted by Crippen LogP contribution is -2.17. The van der Waals surface area contributed by atoms with Gasteiger partial charge >= 0.3 is 10.1 Å². The van der Waals surface area contributed by atoms with E-state index >= 15 is 0 Å². The number of benzene rings is 1. The van der Waals surface area contributed by atoms with Crippen molar-refractivity contribution in [1.29, 1.82) is 0 Å². The molecule has 1 rings (SSSR count). The van der Waals surface area contributed by atoms with Crippen LogP contribution in [0.3, 0.4) is 0 Å². The third-order valence-corrected chi connectivity index (χ3v) is 5.04. The van der Waals surface area contributed by atoms with Gasteiger partial charge in [-0.3, -0.25) is 4.18 Å². The molecule has 29 heavy (non-hydrogen) atoms. The van der Waals surface area contributed by atoms with E-state index in [0.29, 0.717) is 6.42 Å². The van der Waals surface area contributed by atoms with E-state index in [2.05, 4.69) is 4.18 Å². The highest BCUT2D eigenvalue weighted by molar-refractivity contribution is 7.86. The van der Waals surface area contributed by atoms with Crippen LogP contribution < -0.4 is 4.74 Å². The van der Waals surface area contributed by atoms with Crippen molar-refractivity contribution in [1.82, 2.24) is 0 Å². The molecule has 9 heteroatoms. The Hall–Kier alpha value is -1.87. The van der Waals surface area contributed by atoms with Crippen LogP contribution in [-0.4, -0.2) is 21.6 Å². The van der Waals surface area contributed by atoms with Crippen molar-refractivity contribution in [3.63, 3.8) is 0 Å². The molecule has 0 unspecified atom stereocenters. The van der Waals surface area contributed by atoms with Crippen LogP contribution in [0.2, 0.25) is 0 Å². The van der Waals surface area contributed by atoms with Gasteiger partial charge in [-0.2, -0.15) is 17.2 Å². The predicted molar refractivity (Wildman–Crippen MR) is 102 cm³/mol. The molecule has 1 aromatic rings. The first-order valence-electron chi connectivity index (χ1n) is 9.05. The molecular formula is C20H26F4O4S. The van der Waals surface area contributed by atoms with Gasteiger partial charge in [0.25, 0.3) is 0 Å². The Morgan fingerprint density at radius 1 is 0.966 bits per heavy atom. The second-order valence-electron chi connectivity index (χ2n) is 7.23. The van der Waals surface area contributed by atoms with Crippen molar-refractivity contribution in [2.45, 2.75) is 52.4 Å². The number of allylic oxidation sites excluding steroid dienone is 3. The van der Waals surface area contributed by atoms with E-state index in [-0.39, 0.29) is 12.5 Å². The van der Waals surface area contributed by atoms with E-state index in [0.717, 1.165) is 17.6 Å². The maximum atomic E-state index is 14.2. The van der Waals surface area contributed by atoms with Gasteiger partial charge < -0.3 is 4.74 Å². The van der Waals surface area contributed by atoms with E-state index < -0.39 is 50.6 Å². The molecule has 0 bridgehead atoms. The van der Waals surface area contributed by atoms with Gasteiger partial charge in [-0.1, -0.05) is 31.1 Å². The quantitative estimate of drug-likeness (QED) is 0.204. The van der Waals surface area contributed by atoms with Gasteiger partial charge in [-0.25, -0.2) is 8.78 Å². The van der Waals surface area contributed by atoms with Crippen molar-refractivity contribution < 1.29 is 34.9 Å². The van der Waals surface area contributed by atoms with Crippen LogP contribution in [0.1, 0.15) is 47.5 Å². The summed E-state index contributed by atoms with van der Waals surface area (Å²) in [7, 11) is -5.03. The molecule has 0 N–H and O–H groups in total. The highest BCUT2D eigenvalue weighted by Crippen LogP contribution is 2.33. The average Bonchev–Trinajstić information content (AvgIpc) is 2.61. The van der Waals surface area contributed by atoms with Crippen LogP contribution in [0, 0.1) is 29.2 Å². The summed E-state index contributed by atoms with van der Waals surface area (Å²) in [5.41, 5.74) is 2.00. The number of halogens is 4. The molecule has 0 heterocycles. The van der Waals surface area contributed by atoms with Crippen molar-refractivity contribution in [2.75, 3.05) is 13.2 Å². The molecule has 0 fully saturated rings. The highest BCUT2D eigenvalue weighted by atomic mass is 32.2. The summed E-state index contributed by atoms with van der Waals surface area (Å²) in [6.07, 6.45) is 4.97. The Labute approximate surface area is 169 Å². The fraction of sp³-hybridized carbons (Fsp3) is 0.500. The number of hydrogen-bond acceptors (Lipinski definition) is 4. The smallest absolute Gasteiger partial charge is 0.303 e. The molecule has 0 aromatic heterocycles. The topological polar surface area (TPSA) is 52.6 Å². The molecule has 0 amide bonds. The molecule has 0 radical (unpaired) electrons. The number of ether oxygens (including phenoxy) is 1. The van der Waals surface area contributed by atoms with E-state index in [1.807, 2.05) is 19.9 Å². The second kappa shape index (κ2) is 10.8. The van der Waals surface area contributed by atoms with Gasteiger partial charge in [0.05, 0.1) is 6.61 Å². The lowest BCUT2D eigenvalue weighted by Gasteiger charge is -2.13. The van der Waals surface area contributed by atoms with E-state index in [1.165, 1.54) is 6.08 Å². The van der Waals surface area contributed by atoms with E-state index in [9.17, 15) is 26.0 Å². The average molecular weight is 438 g/mol. The van der Waals surface area contributed by atoms with Gasteiger partial charge in [0, 0.05) is 0 Å². The minimum Gasteiger partial charge on any atom is -0.483 e. The Morgan fingerprint density at radius 2 is 1.52 bits per heavy atom. The monoisotopic (exact) mass is 438 g/mol. The fourth-order valence-corrected chi connectivity index (χ4v) is 3.37. The Balaban J connectivity index is 3.07. The standard InChI is InChI=1S/C20H26F4O4S/c1-12(2)7-6-8-14(5)9-10-27-19-15(21)17(23)20(18(24)16(19)22)29(25,26)28-11-13(3)4/h7,9,13H,6,8,10-11H2,1-5H3/b14-9+. The van der Waals surface area contributed by atoms with Crippen molar-refractivity contribution in [3.05, 3.63) is 46.6 Å². The van der Waals surface area contributed by atoms with Crippen LogP contribution >= 0.6 is 0 Å². The third-order valence-electron chi connectivity index (χ3n) is 3.74. The zero-order chi connectivity index (χ0) is 22.4. The molecule has 0 aliphatic rings.